The fraction of sp³-hybridized carbons (Fsp3) is 0.0769. The molecule has 182 valence electrons. The monoisotopic (exact) mass is 523 g/mol. The van der Waals surface area contributed by atoms with Gasteiger partial charge < -0.3 is 15.5 Å². The van der Waals surface area contributed by atoms with E-state index in [1.165, 1.54) is 4.57 Å². The van der Waals surface area contributed by atoms with Crippen LogP contribution < -0.4 is 10.9 Å². The van der Waals surface area contributed by atoms with Crippen LogP contribution in [0.1, 0.15) is 15.9 Å². The van der Waals surface area contributed by atoms with Crippen molar-refractivity contribution >= 4 is 35.1 Å². The molecule has 0 aliphatic rings. The van der Waals surface area contributed by atoms with Gasteiger partial charge in [-0.2, -0.15) is 4.98 Å². The zero-order chi connectivity index (χ0) is 25.8. The minimum Gasteiger partial charge on any atom is -0.493 e. The molecule has 0 unspecified atom stereocenters. The normalized spacial score (nSPS) is 10.7. The van der Waals surface area contributed by atoms with Gasteiger partial charge in [0.15, 0.2) is 5.56 Å². The van der Waals surface area contributed by atoms with E-state index in [1.807, 2.05) is 54.6 Å². The molecule has 4 rings (SSSR count). The number of halogens is 2. The third-order valence-corrected chi connectivity index (χ3v) is 6.00. The lowest BCUT2D eigenvalue weighted by Gasteiger charge is -2.17. The molecule has 0 saturated heterocycles. The number of hydrogen-bond acceptors (Lipinski definition) is 5. The van der Waals surface area contributed by atoms with Crippen LogP contribution in [0.25, 0.3) is 22.5 Å². The van der Waals surface area contributed by atoms with Crippen LogP contribution in [-0.2, 0) is 11.3 Å². The third kappa shape index (κ3) is 5.25. The highest BCUT2D eigenvalue weighted by Gasteiger charge is 2.25. The van der Waals surface area contributed by atoms with E-state index in [1.54, 1.807) is 18.2 Å². The van der Waals surface area contributed by atoms with Crippen molar-refractivity contribution in [3.63, 3.8) is 0 Å². The second-order valence-corrected chi connectivity index (χ2v) is 8.58. The first kappa shape index (κ1) is 25.0. The summed E-state index contributed by atoms with van der Waals surface area (Å²) in [6, 6.07) is 21.9. The van der Waals surface area contributed by atoms with Gasteiger partial charge in [0.1, 0.15) is 12.4 Å². The SMILES string of the molecule is O=C(O)CNC(=O)c1c(O)nc(-c2c(Cl)cccc2Cl)n(Cc2ccc(-c3ccccc3)cc2)c1=O. The van der Waals surface area contributed by atoms with E-state index in [2.05, 4.69) is 10.3 Å². The minimum atomic E-state index is -1.31. The largest absolute Gasteiger partial charge is 0.493 e. The van der Waals surface area contributed by atoms with E-state index in [-0.39, 0.29) is 28.0 Å². The van der Waals surface area contributed by atoms with Crippen LogP contribution >= 0.6 is 23.2 Å². The molecule has 0 spiro atoms. The Morgan fingerprint density at radius 3 is 2.11 bits per heavy atom. The van der Waals surface area contributed by atoms with Crippen molar-refractivity contribution in [2.75, 3.05) is 6.54 Å². The molecule has 0 fully saturated rings. The van der Waals surface area contributed by atoms with Crippen LogP contribution in [0.4, 0.5) is 0 Å². The first-order valence-electron chi connectivity index (χ1n) is 10.7. The Morgan fingerprint density at radius 1 is 0.889 bits per heavy atom. The van der Waals surface area contributed by atoms with Gasteiger partial charge in [-0.1, -0.05) is 83.9 Å². The zero-order valence-corrected chi connectivity index (χ0v) is 20.1. The summed E-state index contributed by atoms with van der Waals surface area (Å²) in [7, 11) is 0. The number of benzene rings is 3. The number of amides is 1. The summed E-state index contributed by atoms with van der Waals surface area (Å²) in [6.07, 6.45) is 0. The van der Waals surface area contributed by atoms with Crippen molar-refractivity contribution in [2.24, 2.45) is 0 Å². The maximum absolute atomic E-state index is 13.5. The number of aliphatic carboxylic acids is 1. The van der Waals surface area contributed by atoms with Gasteiger partial charge >= 0.3 is 5.97 Å². The van der Waals surface area contributed by atoms with Crippen LogP contribution in [0, 0.1) is 0 Å². The Bertz CT molecular complexity index is 1480. The fourth-order valence-corrected chi connectivity index (χ4v) is 4.22. The van der Waals surface area contributed by atoms with Gasteiger partial charge in [-0.05, 0) is 28.8 Å². The highest BCUT2D eigenvalue weighted by molar-refractivity contribution is 6.39. The van der Waals surface area contributed by atoms with Crippen molar-refractivity contribution in [1.29, 1.82) is 0 Å². The number of nitrogens with zero attached hydrogens (tertiary/aromatic N) is 2. The molecule has 10 heteroatoms. The molecule has 36 heavy (non-hydrogen) atoms. The predicted octanol–water partition coefficient (Wildman–Crippen LogP) is 4.45. The Balaban J connectivity index is 1.83. The summed E-state index contributed by atoms with van der Waals surface area (Å²) in [5, 5.41) is 21.8. The van der Waals surface area contributed by atoms with Gasteiger partial charge in [-0.3, -0.25) is 19.0 Å². The molecule has 0 aliphatic heterocycles. The zero-order valence-electron chi connectivity index (χ0n) is 18.6. The molecule has 1 heterocycles. The van der Waals surface area contributed by atoms with Crippen molar-refractivity contribution in [3.8, 4) is 28.4 Å². The lowest BCUT2D eigenvalue weighted by molar-refractivity contribution is -0.135. The van der Waals surface area contributed by atoms with Gasteiger partial charge in [-0.25, -0.2) is 0 Å². The number of aromatic nitrogens is 2. The van der Waals surface area contributed by atoms with Crippen molar-refractivity contribution < 1.29 is 19.8 Å². The molecule has 0 bridgehead atoms. The van der Waals surface area contributed by atoms with E-state index >= 15 is 0 Å². The smallest absolute Gasteiger partial charge is 0.322 e. The maximum atomic E-state index is 13.5. The summed E-state index contributed by atoms with van der Waals surface area (Å²) in [5.41, 5.74) is 1.32. The van der Waals surface area contributed by atoms with Crippen LogP contribution in [0.3, 0.4) is 0 Å². The minimum absolute atomic E-state index is 0.0305. The summed E-state index contributed by atoms with van der Waals surface area (Å²) in [4.78, 5) is 40.9. The Kier molecular flexibility index (Phi) is 7.38. The van der Waals surface area contributed by atoms with Gasteiger partial charge in [0.25, 0.3) is 11.5 Å². The van der Waals surface area contributed by atoms with Crippen LogP contribution in [0.15, 0.2) is 77.6 Å². The fourth-order valence-electron chi connectivity index (χ4n) is 3.65. The molecule has 1 amide bonds. The number of carboxylic acids is 1. The predicted molar refractivity (Wildman–Crippen MR) is 137 cm³/mol. The summed E-state index contributed by atoms with van der Waals surface area (Å²) in [5.74, 6) is -3.30. The van der Waals surface area contributed by atoms with E-state index in [9.17, 15) is 19.5 Å². The van der Waals surface area contributed by atoms with E-state index < -0.39 is 35.4 Å². The summed E-state index contributed by atoms with van der Waals surface area (Å²) >= 11 is 12.7. The third-order valence-electron chi connectivity index (χ3n) is 5.37. The number of carbonyl (C=O) groups excluding carboxylic acids is 1. The molecule has 3 aromatic carbocycles. The Morgan fingerprint density at radius 2 is 1.50 bits per heavy atom. The topological polar surface area (TPSA) is 122 Å². The molecule has 0 saturated carbocycles. The average Bonchev–Trinajstić information content (AvgIpc) is 2.85. The highest BCUT2D eigenvalue weighted by Crippen LogP contribution is 2.34. The first-order valence-corrected chi connectivity index (χ1v) is 11.4. The molecular weight excluding hydrogens is 505 g/mol. The van der Waals surface area contributed by atoms with Gasteiger partial charge in [0, 0.05) is 0 Å². The summed E-state index contributed by atoms with van der Waals surface area (Å²) in [6.45, 7) is -0.770. The molecule has 3 N–H and O–H groups in total. The van der Waals surface area contributed by atoms with Crippen LogP contribution in [-0.4, -0.2) is 38.2 Å². The number of carbonyl (C=O) groups is 2. The number of hydrogen-bond donors (Lipinski definition) is 3. The number of nitrogens with one attached hydrogen (secondary N) is 1. The maximum Gasteiger partial charge on any atom is 0.322 e. The Labute approximate surface area is 215 Å². The number of rotatable bonds is 7. The second-order valence-electron chi connectivity index (χ2n) is 7.76. The van der Waals surface area contributed by atoms with Crippen LogP contribution in [0.5, 0.6) is 5.88 Å². The first-order chi connectivity index (χ1) is 17.3. The van der Waals surface area contributed by atoms with Gasteiger partial charge in [-0.15, -0.1) is 0 Å². The van der Waals surface area contributed by atoms with E-state index in [4.69, 9.17) is 28.3 Å². The van der Waals surface area contributed by atoms with E-state index in [0.29, 0.717) is 5.56 Å². The molecule has 1 aromatic heterocycles. The van der Waals surface area contributed by atoms with Gasteiger partial charge in [0.2, 0.25) is 5.88 Å². The number of carboxylic acid groups (broad SMARTS) is 1. The van der Waals surface area contributed by atoms with Gasteiger partial charge in [0.05, 0.1) is 22.2 Å². The quantitative estimate of drug-likeness (QED) is 0.329. The van der Waals surface area contributed by atoms with Crippen molar-refractivity contribution in [2.45, 2.75) is 6.54 Å². The Hall–Kier alpha value is -4.14. The van der Waals surface area contributed by atoms with Crippen LogP contribution in [0.2, 0.25) is 10.0 Å². The standard InChI is InChI=1S/C26H19Cl2N3O5/c27-18-7-4-8-19(28)21(18)23-30-25(35)22(24(34)29-13-20(32)33)26(36)31(23)14-15-9-11-17(12-10-15)16-5-2-1-3-6-16/h1-12,35H,13-14H2,(H,29,34)(H,32,33). The molecular formula is C26H19Cl2N3O5. The molecule has 0 atom stereocenters. The lowest BCUT2D eigenvalue weighted by Crippen LogP contribution is -2.37. The summed E-state index contributed by atoms with van der Waals surface area (Å²) < 4.78 is 1.17. The number of aromatic hydroxyl groups is 1. The average molecular weight is 524 g/mol. The van der Waals surface area contributed by atoms with E-state index in [0.717, 1.165) is 11.1 Å². The second kappa shape index (κ2) is 10.6. The lowest BCUT2D eigenvalue weighted by atomic mass is 10.0. The molecule has 0 radical (unpaired) electrons. The van der Waals surface area contributed by atoms with Crippen molar-refractivity contribution in [1.82, 2.24) is 14.9 Å². The molecule has 8 nitrogen and oxygen atoms in total. The van der Waals surface area contributed by atoms with Crippen molar-refractivity contribution in [3.05, 3.63) is 104 Å². The highest BCUT2D eigenvalue weighted by atomic mass is 35.5. The molecule has 4 aromatic rings. The molecule has 0 aliphatic carbocycles.